The lowest BCUT2D eigenvalue weighted by Crippen LogP contribution is -2.13. The molecule has 2 aliphatic rings. The van der Waals surface area contributed by atoms with Gasteiger partial charge in [0.1, 0.15) is 11.3 Å². The van der Waals surface area contributed by atoms with Crippen LogP contribution in [-0.4, -0.2) is 26.8 Å². The van der Waals surface area contributed by atoms with Gasteiger partial charge in [0.25, 0.3) is 0 Å². The van der Waals surface area contributed by atoms with E-state index in [1.54, 1.807) is 0 Å². The zero-order valence-electron chi connectivity index (χ0n) is 16.4. The molecular weight excluding hydrogens is 332 g/mol. The average molecular weight is 358 g/mol. The lowest BCUT2D eigenvalue weighted by atomic mass is 10.1. The SMILES string of the molecule is CC1=CC(Cc2nc3cnc4ccc(C)cc4c3n2[C@H]2CCC(C)C2)=NC1. The van der Waals surface area contributed by atoms with E-state index < -0.39 is 0 Å². The molecule has 0 saturated heterocycles. The van der Waals surface area contributed by atoms with Gasteiger partial charge >= 0.3 is 0 Å². The van der Waals surface area contributed by atoms with E-state index in [-0.39, 0.29) is 0 Å². The van der Waals surface area contributed by atoms with Gasteiger partial charge < -0.3 is 4.57 Å². The third kappa shape index (κ3) is 2.88. The number of allylic oxidation sites excluding steroid dienone is 1. The summed E-state index contributed by atoms with van der Waals surface area (Å²) in [7, 11) is 0. The molecule has 2 atom stereocenters. The first-order chi connectivity index (χ1) is 13.1. The van der Waals surface area contributed by atoms with Gasteiger partial charge in [0.05, 0.1) is 23.8 Å². The van der Waals surface area contributed by atoms with Crippen molar-refractivity contribution in [2.75, 3.05) is 6.54 Å². The Labute approximate surface area is 160 Å². The van der Waals surface area contributed by atoms with Crippen molar-refractivity contribution in [1.82, 2.24) is 14.5 Å². The van der Waals surface area contributed by atoms with Gasteiger partial charge in [-0.05, 0) is 57.2 Å². The summed E-state index contributed by atoms with van der Waals surface area (Å²) in [4.78, 5) is 14.4. The largest absolute Gasteiger partial charge is 0.324 e. The number of nitrogens with zero attached hydrogens (tertiary/aromatic N) is 4. The zero-order valence-corrected chi connectivity index (χ0v) is 16.4. The Balaban J connectivity index is 1.73. The van der Waals surface area contributed by atoms with Crippen LogP contribution in [-0.2, 0) is 6.42 Å². The van der Waals surface area contributed by atoms with Crippen molar-refractivity contribution >= 4 is 27.6 Å². The fraction of sp³-hybridized carbons (Fsp3) is 0.435. The number of fused-ring (bicyclic) bond motifs is 3. The molecule has 1 aliphatic heterocycles. The second-order valence-electron chi connectivity index (χ2n) is 8.46. The molecule has 3 heterocycles. The van der Waals surface area contributed by atoms with Crippen LogP contribution in [0.5, 0.6) is 0 Å². The smallest absolute Gasteiger partial charge is 0.116 e. The second-order valence-corrected chi connectivity index (χ2v) is 8.46. The molecule has 1 aromatic carbocycles. The first-order valence-electron chi connectivity index (χ1n) is 10.0. The standard InChI is InChI=1S/C23H26N4/c1-14-4-6-18(9-14)27-22(11-17-8-16(3)12-24-17)26-21-13-25-20-7-5-15(2)10-19(20)23(21)27/h5,7-8,10,13-14,18H,4,6,9,11-12H2,1-3H3/t14?,18-/m0/s1. The first kappa shape index (κ1) is 16.7. The van der Waals surface area contributed by atoms with Crippen molar-refractivity contribution in [3.05, 3.63) is 47.4 Å². The predicted molar refractivity (Wildman–Crippen MR) is 112 cm³/mol. The summed E-state index contributed by atoms with van der Waals surface area (Å²) in [5.41, 5.74) is 7.10. The van der Waals surface area contributed by atoms with Gasteiger partial charge in [-0.2, -0.15) is 0 Å². The topological polar surface area (TPSA) is 43.1 Å². The van der Waals surface area contributed by atoms with Crippen LogP contribution < -0.4 is 0 Å². The maximum atomic E-state index is 5.04. The van der Waals surface area contributed by atoms with Crippen LogP contribution in [0.3, 0.4) is 0 Å². The summed E-state index contributed by atoms with van der Waals surface area (Å²) in [6, 6.07) is 7.06. The predicted octanol–water partition coefficient (Wildman–Crippen LogP) is 5.20. The van der Waals surface area contributed by atoms with Gasteiger partial charge in [0, 0.05) is 23.6 Å². The minimum Gasteiger partial charge on any atom is -0.324 e. The minimum absolute atomic E-state index is 0.526. The molecule has 0 N–H and O–H groups in total. The molecule has 1 aliphatic carbocycles. The molecule has 0 spiro atoms. The molecule has 4 nitrogen and oxygen atoms in total. The van der Waals surface area contributed by atoms with E-state index >= 15 is 0 Å². The first-order valence-corrected chi connectivity index (χ1v) is 10.0. The highest BCUT2D eigenvalue weighted by atomic mass is 15.1. The van der Waals surface area contributed by atoms with Gasteiger partial charge in [-0.3, -0.25) is 9.98 Å². The van der Waals surface area contributed by atoms with Gasteiger partial charge in [-0.25, -0.2) is 4.98 Å². The van der Waals surface area contributed by atoms with E-state index in [0.717, 1.165) is 41.5 Å². The Morgan fingerprint density at radius 2 is 2.04 bits per heavy atom. The minimum atomic E-state index is 0.526. The maximum Gasteiger partial charge on any atom is 0.116 e. The number of aryl methyl sites for hydroxylation is 1. The fourth-order valence-corrected chi connectivity index (χ4v) is 4.74. The molecule has 138 valence electrons. The summed E-state index contributed by atoms with van der Waals surface area (Å²) >= 11 is 0. The summed E-state index contributed by atoms with van der Waals surface area (Å²) in [6.45, 7) is 7.51. The van der Waals surface area contributed by atoms with Gasteiger partial charge in [-0.1, -0.05) is 24.1 Å². The third-order valence-electron chi connectivity index (χ3n) is 6.06. The lowest BCUT2D eigenvalue weighted by molar-refractivity contribution is 0.493. The Bertz CT molecular complexity index is 1100. The number of benzene rings is 1. The highest BCUT2D eigenvalue weighted by molar-refractivity contribution is 6.03. The Morgan fingerprint density at radius 1 is 1.15 bits per heavy atom. The van der Waals surface area contributed by atoms with Crippen molar-refractivity contribution < 1.29 is 0 Å². The monoisotopic (exact) mass is 358 g/mol. The van der Waals surface area contributed by atoms with E-state index in [2.05, 4.69) is 54.6 Å². The number of imidazole rings is 1. The number of aromatic nitrogens is 3. The Morgan fingerprint density at radius 3 is 2.78 bits per heavy atom. The summed E-state index contributed by atoms with van der Waals surface area (Å²) in [6.07, 6.45) is 8.74. The second kappa shape index (κ2) is 6.29. The van der Waals surface area contributed by atoms with Crippen molar-refractivity contribution in [2.24, 2.45) is 10.9 Å². The summed E-state index contributed by atoms with van der Waals surface area (Å²) < 4.78 is 2.53. The van der Waals surface area contributed by atoms with Crippen molar-refractivity contribution in [3.8, 4) is 0 Å². The average Bonchev–Trinajstić information content (AvgIpc) is 3.33. The number of hydrogen-bond acceptors (Lipinski definition) is 3. The Kier molecular flexibility index (Phi) is 3.88. The molecule has 0 bridgehead atoms. The van der Waals surface area contributed by atoms with Crippen LogP contribution in [0.15, 0.2) is 41.0 Å². The summed E-state index contributed by atoms with van der Waals surface area (Å²) in [5, 5.41) is 1.23. The van der Waals surface area contributed by atoms with Gasteiger partial charge in [0.2, 0.25) is 0 Å². The van der Waals surface area contributed by atoms with Crippen LogP contribution in [0, 0.1) is 12.8 Å². The van der Waals surface area contributed by atoms with E-state index in [4.69, 9.17) is 9.98 Å². The van der Waals surface area contributed by atoms with Gasteiger partial charge in [-0.15, -0.1) is 0 Å². The number of rotatable bonds is 3. The van der Waals surface area contributed by atoms with E-state index in [1.807, 2.05) is 6.20 Å². The molecule has 1 saturated carbocycles. The van der Waals surface area contributed by atoms with Crippen molar-refractivity contribution in [2.45, 2.75) is 52.5 Å². The Hall–Kier alpha value is -2.49. The molecule has 4 heteroatoms. The molecule has 0 radical (unpaired) electrons. The maximum absolute atomic E-state index is 5.04. The van der Waals surface area contributed by atoms with Crippen LogP contribution in [0.4, 0.5) is 0 Å². The van der Waals surface area contributed by atoms with E-state index in [0.29, 0.717) is 6.04 Å². The van der Waals surface area contributed by atoms with Crippen LogP contribution in [0.1, 0.15) is 50.5 Å². The van der Waals surface area contributed by atoms with Gasteiger partial charge in [0.15, 0.2) is 0 Å². The molecule has 3 aromatic rings. The van der Waals surface area contributed by atoms with Crippen LogP contribution in [0.25, 0.3) is 21.9 Å². The molecule has 1 fully saturated rings. The van der Waals surface area contributed by atoms with Crippen molar-refractivity contribution in [3.63, 3.8) is 0 Å². The zero-order chi connectivity index (χ0) is 18.5. The third-order valence-corrected chi connectivity index (χ3v) is 6.06. The number of pyridine rings is 1. The molecular formula is C23H26N4. The highest BCUT2D eigenvalue weighted by Crippen LogP contribution is 2.39. The molecule has 2 aromatic heterocycles. The lowest BCUT2D eigenvalue weighted by Gasteiger charge is -2.18. The van der Waals surface area contributed by atoms with E-state index in [1.165, 1.54) is 41.3 Å². The molecule has 5 rings (SSSR count). The molecule has 27 heavy (non-hydrogen) atoms. The normalized spacial score (nSPS) is 22.6. The quantitative estimate of drug-likeness (QED) is 0.646. The number of hydrogen-bond donors (Lipinski definition) is 0. The number of aliphatic imine (C=N–C) groups is 1. The van der Waals surface area contributed by atoms with E-state index in [9.17, 15) is 0 Å². The van der Waals surface area contributed by atoms with Crippen LogP contribution in [0.2, 0.25) is 0 Å². The van der Waals surface area contributed by atoms with Crippen LogP contribution >= 0.6 is 0 Å². The summed E-state index contributed by atoms with van der Waals surface area (Å²) in [5.74, 6) is 1.92. The fourth-order valence-electron chi connectivity index (χ4n) is 4.74. The van der Waals surface area contributed by atoms with Crippen molar-refractivity contribution in [1.29, 1.82) is 0 Å². The highest BCUT2D eigenvalue weighted by Gasteiger charge is 2.28. The molecule has 1 unspecified atom stereocenters. The molecule has 0 amide bonds.